The molecule has 0 bridgehead atoms. The molecule has 198 valence electrons. The van der Waals surface area contributed by atoms with Crippen LogP contribution in [0.5, 0.6) is 17.2 Å². The van der Waals surface area contributed by atoms with E-state index >= 15 is 0 Å². The first-order valence-corrected chi connectivity index (χ1v) is 12.8. The van der Waals surface area contributed by atoms with Crippen molar-refractivity contribution in [3.8, 4) is 17.2 Å². The van der Waals surface area contributed by atoms with Crippen LogP contribution in [-0.2, 0) is 16.1 Å². The highest BCUT2D eigenvalue weighted by molar-refractivity contribution is 6.03. The van der Waals surface area contributed by atoms with Crippen molar-refractivity contribution in [2.24, 2.45) is 0 Å². The molecule has 2 atom stereocenters. The van der Waals surface area contributed by atoms with Crippen LogP contribution in [0.3, 0.4) is 0 Å². The molecule has 0 saturated carbocycles. The van der Waals surface area contributed by atoms with E-state index in [9.17, 15) is 9.59 Å². The van der Waals surface area contributed by atoms with Gasteiger partial charge in [-0.3, -0.25) is 14.5 Å². The van der Waals surface area contributed by atoms with Crippen molar-refractivity contribution >= 4 is 17.5 Å². The normalized spacial score (nSPS) is 14.7. The number of carbonyl (C=O) groups excluding carboxylic acids is 2. The zero-order valence-electron chi connectivity index (χ0n) is 21.9. The quantitative estimate of drug-likeness (QED) is 0.343. The SMILES string of the molecule is COc1ccc(CNC(=O)C(c2ccc(C)cc2)N(C(=O)C2COc3ccccc3O2)c2ccccc2)cc1. The van der Waals surface area contributed by atoms with Gasteiger partial charge in [-0.25, -0.2) is 0 Å². The number of para-hydroxylation sites is 3. The van der Waals surface area contributed by atoms with E-state index in [1.54, 1.807) is 19.2 Å². The topological polar surface area (TPSA) is 77.1 Å². The van der Waals surface area contributed by atoms with Gasteiger partial charge in [0.15, 0.2) is 11.5 Å². The average molecular weight is 523 g/mol. The van der Waals surface area contributed by atoms with Gasteiger partial charge >= 0.3 is 0 Å². The molecule has 2 unspecified atom stereocenters. The molecular weight excluding hydrogens is 492 g/mol. The summed E-state index contributed by atoms with van der Waals surface area (Å²) in [6.07, 6.45) is -0.928. The van der Waals surface area contributed by atoms with Gasteiger partial charge < -0.3 is 19.5 Å². The Morgan fingerprint density at radius 2 is 1.56 bits per heavy atom. The van der Waals surface area contributed by atoms with Crippen molar-refractivity contribution in [2.45, 2.75) is 25.6 Å². The molecule has 7 nitrogen and oxygen atoms in total. The number of fused-ring (bicyclic) bond motifs is 1. The minimum absolute atomic E-state index is 0.0350. The van der Waals surface area contributed by atoms with Crippen LogP contribution in [0, 0.1) is 6.92 Å². The van der Waals surface area contributed by atoms with Crippen molar-refractivity contribution in [3.05, 3.63) is 120 Å². The number of hydrogen-bond acceptors (Lipinski definition) is 5. The Kier molecular flexibility index (Phi) is 7.78. The first-order chi connectivity index (χ1) is 19.0. The number of methoxy groups -OCH3 is 1. The Morgan fingerprint density at radius 3 is 2.26 bits per heavy atom. The standard InChI is InChI=1S/C32H30N2O5/c1-22-12-16-24(17-13-22)30(31(35)33-20-23-14-18-26(37-2)19-15-23)34(25-8-4-3-5-9-25)32(36)29-21-38-27-10-6-7-11-28(27)39-29/h3-19,29-30H,20-21H2,1-2H3,(H,33,35). The number of hydrogen-bond donors (Lipinski definition) is 1. The first kappa shape index (κ1) is 25.9. The smallest absolute Gasteiger partial charge is 0.272 e. The first-order valence-electron chi connectivity index (χ1n) is 12.8. The van der Waals surface area contributed by atoms with Gasteiger partial charge in [-0.1, -0.05) is 72.3 Å². The Balaban J connectivity index is 1.49. The fourth-order valence-electron chi connectivity index (χ4n) is 4.48. The van der Waals surface area contributed by atoms with E-state index in [4.69, 9.17) is 14.2 Å². The van der Waals surface area contributed by atoms with E-state index in [0.717, 1.165) is 16.9 Å². The number of amides is 2. The van der Waals surface area contributed by atoms with Gasteiger partial charge in [-0.05, 0) is 54.4 Å². The van der Waals surface area contributed by atoms with E-state index in [2.05, 4.69) is 5.32 Å². The molecule has 0 spiro atoms. The average Bonchev–Trinajstić information content (AvgIpc) is 2.99. The zero-order valence-corrected chi connectivity index (χ0v) is 21.9. The highest BCUT2D eigenvalue weighted by Gasteiger charge is 2.39. The number of anilines is 1. The third kappa shape index (κ3) is 5.88. The molecule has 1 N–H and O–H groups in total. The summed E-state index contributed by atoms with van der Waals surface area (Å²) in [4.78, 5) is 29.6. The third-order valence-electron chi connectivity index (χ3n) is 6.58. The summed E-state index contributed by atoms with van der Waals surface area (Å²) >= 11 is 0. The molecule has 39 heavy (non-hydrogen) atoms. The van der Waals surface area contributed by atoms with Crippen molar-refractivity contribution in [1.82, 2.24) is 5.32 Å². The van der Waals surface area contributed by atoms with E-state index in [0.29, 0.717) is 29.3 Å². The molecule has 0 fully saturated rings. The summed E-state index contributed by atoms with van der Waals surface area (Å²) < 4.78 is 17.2. The molecule has 1 aliphatic heterocycles. The van der Waals surface area contributed by atoms with Crippen molar-refractivity contribution in [1.29, 1.82) is 0 Å². The molecule has 2 amide bonds. The van der Waals surface area contributed by atoms with Gasteiger partial charge in [0.1, 0.15) is 18.4 Å². The molecule has 4 aromatic carbocycles. The minimum Gasteiger partial charge on any atom is -0.497 e. The summed E-state index contributed by atoms with van der Waals surface area (Å²) in [5.41, 5.74) is 3.22. The maximum absolute atomic E-state index is 14.2. The predicted octanol–water partition coefficient (Wildman–Crippen LogP) is 5.23. The van der Waals surface area contributed by atoms with Crippen LogP contribution in [0.25, 0.3) is 0 Å². The van der Waals surface area contributed by atoms with Crippen LogP contribution >= 0.6 is 0 Å². The second-order valence-corrected chi connectivity index (χ2v) is 9.29. The molecule has 7 heteroatoms. The number of carbonyl (C=O) groups is 2. The maximum Gasteiger partial charge on any atom is 0.272 e. The summed E-state index contributed by atoms with van der Waals surface area (Å²) in [6.45, 7) is 2.30. The van der Waals surface area contributed by atoms with Gasteiger partial charge in [-0.2, -0.15) is 0 Å². The number of aryl methyl sites for hydroxylation is 1. The number of benzene rings is 4. The Bertz CT molecular complexity index is 1420. The third-order valence-corrected chi connectivity index (χ3v) is 6.58. The van der Waals surface area contributed by atoms with Crippen LogP contribution < -0.4 is 24.4 Å². The largest absolute Gasteiger partial charge is 0.497 e. The lowest BCUT2D eigenvalue weighted by atomic mass is 10.0. The Morgan fingerprint density at radius 1 is 0.897 bits per heavy atom. The zero-order chi connectivity index (χ0) is 27.2. The van der Waals surface area contributed by atoms with Gasteiger partial charge in [0.05, 0.1) is 7.11 Å². The van der Waals surface area contributed by atoms with E-state index in [1.807, 2.05) is 97.9 Å². The molecule has 1 aliphatic rings. The summed E-state index contributed by atoms with van der Waals surface area (Å²) in [5, 5.41) is 3.03. The number of nitrogens with zero attached hydrogens (tertiary/aromatic N) is 1. The molecule has 0 aliphatic carbocycles. The second-order valence-electron chi connectivity index (χ2n) is 9.29. The van der Waals surface area contributed by atoms with Crippen LogP contribution in [0.2, 0.25) is 0 Å². The lowest BCUT2D eigenvalue weighted by Gasteiger charge is -2.35. The van der Waals surface area contributed by atoms with E-state index in [1.165, 1.54) is 4.90 Å². The molecule has 4 aromatic rings. The molecular formula is C32H30N2O5. The summed E-state index contributed by atoms with van der Waals surface area (Å²) in [7, 11) is 1.61. The Hall–Kier alpha value is -4.78. The lowest BCUT2D eigenvalue weighted by Crippen LogP contribution is -2.51. The van der Waals surface area contributed by atoms with Crippen LogP contribution in [-0.4, -0.2) is 31.6 Å². The Labute approximate surface area is 227 Å². The van der Waals surface area contributed by atoms with Gasteiger partial charge in [0.2, 0.25) is 12.0 Å². The molecule has 5 rings (SSSR count). The molecule has 0 aromatic heterocycles. The highest BCUT2D eigenvalue weighted by Crippen LogP contribution is 2.34. The summed E-state index contributed by atoms with van der Waals surface area (Å²) in [6, 6.07) is 30.6. The van der Waals surface area contributed by atoms with Crippen molar-refractivity contribution in [2.75, 3.05) is 18.6 Å². The molecule has 0 radical (unpaired) electrons. The van der Waals surface area contributed by atoms with E-state index < -0.39 is 12.1 Å². The lowest BCUT2D eigenvalue weighted by molar-refractivity contribution is -0.131. The minimum atomic E-state index is -0.945. The molecule has 1 heterocycles. The fraction of sp³-hybridized carbons (Fsp3) is 0.188. The maximum atomic E-state index is 14.2. The predicted molar refractivity (Wildman–Crippen MR) is 149 cm³/mol. The van der Waals surface area contributed by atoms with Crippen molar-refractivity contribution < 1.29 is 23.8 Å². The molecule has 0 saturated heterocycles. The fourth-order valence-corrected chi connectivity index (χ4v) is 4.48. The number of ether oxygens (including phenoxy) is 3. The second kappa shape index (κ2) is 11.7. The van der Waals surface area contributed by atoms with Crippen LogP contribution in [0.15, 0.2) is 103 Å². The van der Waals surface area contributed by atoms with Crippen LogP contribution in [0.1, 0.15) is 22.7 Å². The van der Waals surface area contributed by atoms with Crippen molar-refractivity contribution in [3.63, 3.8) is 0 Å². The summed E-state index contributed by atoms with van der Waals surface area (Å²) in [5.74, 6) is 1.12. The van der Waals surface area contributed by atoms with Gasteiger partial charge in [0, 0.05) is 12.2 Å². The number of nitrogens with one attached hydrogen (secondary N) is 1. The van der Waals surface area contributed by atoms with Gasteiger partial charge in [-0.15, -0.1) is 0 Å². The van der Waals surface area contributed by atoms with E-state index in [-0.39, 0.29) is 18.4 Å². The van der Waals surface area contributed by atoms with Gasteiger partial charge in [0.25, 0.3) is 5.91 Å². The van der Waals surface area contributed by atoms with Crippen LogP contribution in [0.4, 0.5) is 5.69 Å². The monoisotopic (exact) mass is 522 g/mol. The number of rotatable bonds is 8. The highest BCUT2D eigenvalue weighted by atomic mass is 16.6.